The molecular weight excluding hydrogens is 425 g/mol. The highest BCUT2D eigenvalue weighted by Crippen LogP contribution is 2.41. The Balaban J connectivity index is 2.43. The molecule has 156 valence electrons. The zero-order valence-electron chi connectivity index (χ0n) is 15.5. The number of aryl methyl sites for hydroxylation is 1. The molecule has 1 heterocycles. The van der Waals surface area contributed by atoms with Crippen LogP contribution in [0, 0.1) is 6.92 Å². The molecule has 9 nitrogen and oxygen atoms in total. The monoisotopic (exact) mass is 450 g/mol. The summed E-state index contributed by atoms with van der Waals surface area (Å²) in [6.45, 7) is 3.49. The molecule has 6 N–H and O–H groups in total. The summed E-state index contributed by atoms with van der Waals surface area (Å²) >= 11 is 1.07. The number of benzene rings is 1. The Morgan fingerprint density at radius 2 is 1.71 bits per heavy atom. The lowest BCUT2D eigenvalue weighted by atomic mass is 10.2. The average molecular weight is 450 g/mol. The molecule has 0 saturated carbocycles. The van der Waals surface area contributed by atoms with Crippen LogP contribution in [0.25, 0.3) is 10.1 Å². The minimum Gasteiger partial charge on any atom is -0.490 e. The largest absolute Gasteiger partial charge is 0.522 e. The standard InChI is InChI=1S/C16H24N3O6PS2/c1-11-12-8-13(24-6-2-4-17)14(25-7-3-5-18)9-15(12)27-16(11)28(22,23)19-10-26(20)21/h8-9,19H,2-7,10,17-18H2,1H3/p+1. The van der Waals surface area contributed by atoms with E-state index in [4.69, 9.17) is 25.8 Å². The molecule has 1 unspecified atom stereocenters. The number of sulfonamides is 1. The molecule has 0 aliphatic rings. The van der Waals surface area contributed by atoms with Crippen molar-refractivity contribution in [2.45, 2.75) is 24.0 Å². The van der Waals surface area contributed by atoms with Crippen molar-refractivity contribution in [2.24, 2.45) is 11.5 Å². The fraction of sp³-hybridized carbons (Fsp3) is 0.500. The summed E-state index contributed by atoms with van der Waals surface area (Å²) in [5.41, 5.74) is 11.6. The minimum atomic E-state index is -3.91. The molecule has 1 aromatic carbocycles. The Hall–Kier alpha value is -1.33. The molecule has 2 aromatic rings. The second kappa shape index (κ2) is 10.4. The molecule has 0 spiro atoms. The van der Waals surface area contributed by atoms with Gasteiger partial charge in [-0.1, -0.05) is 0 Å². The molecule has 0 fully saturated rings. The van der Waals surface area contributed by atoms with Gasteiger partial charge in [0.2, 0.25) is 6.29 Å². The number of thiophene rings is 1. The Labute approximate surface area is 168 Å². The van der Waals surface area contributed by atoms with Crippen molar-refractivity contribution in [3.63, 3.8) is 0 Å². The van der Waals surface area contributed by atoms with Gasteiger partial charge in [-0.25, -0.2) is 8.42 Å². The van der Waals surface area contributed by atoms with Crippen molar-refractivity contribution in [1.29, 1.82) is 0 Å². The molecule has 1 atom stereocenters. The number of nitrogens with one attached hydrogen (secondary N) is 1. The van der Waals surface area contributed by atoms with E-state index in [1.165, 1.54) is 0 Å². The molecule has 0 radical (unpaired) electrons. The summed E-state index contributed by atoms with van der Waals surface area (Å²) in [5, 5.41) is 0.715. The minimum absolute atomic E-state index is 0.0892. The van der Waals surface area contributed by atoms with Crippen molar-refractivity contribution in [1.82, 2.24) is 4.72 Å². The number of ether oxygens (including phenoxy) is 2. The van der Waals surface area contributed by atoms with Crippen molar-refractivity contribution in [3.8, 4) is 11.5 Å². The number of hydrogen-bond acceptors (Lipinski definition) is 8. The highest BCUT2D eigenvalue weighted by molar-refractivity contribution is 7.92. The summed E-state index contributed by atoms with van der Waals surface area (Å²) in [7, 11) is -6.52. The van der Waals surface area contributed by atoms with Gasteiger partial charge in [-0.15, -0.1) is 11.3 Å². The van der Waals surface area contributed by atoms with Gasteiger partial charge in [0.05, 0.1) is 13.2 Å². The Bertz CT molecular complexity index is 932. The first-order chi connectivity index (χ1) is 13.3. The molecule has 0 bridgehead atoms. The Morgan fingerprint density at radius 3 is 2.25 bits per heavy atom. The molecule has 0 saturated heterocycles. The van der Waals surface area contributed by atoms with E-state index in [-0.39, 0.29) is 4.21 Å². The van der Waals surface area contributed by atoms with Gasteiger partial charge in [-0.05, 0) is 49.0 Å². The highest BCUT2D eigenvalue weighted by atomic mass is 32.2. The highest BCUT2D eigenvalue weighted by Gasteiger charge is 2.26. The van der Waals surface area contributed by atoms with Crippen LogP contribution in [0.4, 0.5) is 0 Å². The summed E-state index contributed by atoms with van der Waals surface area (Å²) in [4.78, 5) is 8.88. The molecule has 2 rings (SSSR count). The van der Waals surface area contributed by atoms with E-state index in [1.54, 1.807) is 19.1 Å². The molecule has 12 heteroatoms. The van der Waals surface area contributed by atoms with Gasteiger partial charge in [0.1, 0.15) is 4.21 Å². The fourth-order valence-electron chi connectivity index (χ4n) is 2.42. The van der Waals surface area contributed by atoms with Crippen LogP contribution < -0.4 is 25.7 Å². The van der Waals surface area contributed by atoms with Gasteiger partial charge in [0.25, 0.3) is 10.0 Å². The van der Waals surface area contributed by atoms with Gasteiger partial charge >= 0.3 is 8.03 Å². The van der Waals surface area contributed by atoms with Gasteiger partial charge < -0.3 is 20.9 Å². The van der Waals surface area contributed by atoms with Crippen molar-refractivity contribution in [2.75, 3.05) is 32.6 Å². The van der Waals surface area contributed by atoms with Gasteiger partial charge in [0.15, 0.2) is 11.5 Å². The van der Waals surface area contributed by atoms with E-state index in [0.717, 1.165) is 11.3 Å². The first-order valence-electron chi connectivity index (χ1n) is 8.66. The van der Waals surface area contributed by atoms with Gasteiger partial charge in [0, 0.05) is 16.2 Å². The number of fused-ring (bicyclic) bond motifs is 1. The number of hydrogen-bond donors (Lipinski definition) is 4. The molecule has 28 heavy (non-hydrogen) atoms. The fourth-order valence-corrected chi connectivity index (χ4v) is 6.03. The maximum absolute atomic E-state index is 12.5. The Morgan fingerprint density at radius 1 is 1.14 bits per heavy atom. The first-order valence-corrected chi connectivity index (χ1v) is 12.4. The van der Waals surface area contributed by atoms with Crippen LogP contribution in [-0.4, -0.2) is 45.9 Å². The summed E-state index contributed by atoms with van der Waals surface area (Å²) in [5.74, 6) is 1.02. The topological polar surface area (TPSA) is 154 Å². The summed E-state index contributed by atoms with van der Waals surface area (Å²) < 4.78 is 50.3. The van der Waals surface area contributed by atoms with Crippen molar-refractivity contribution >= 4 is 39.5 Å². The second-order valence-corrected chi connectivity index (χ2v) is 9.98. The van der Waals surface area contributed by atoms with Crippen LogP contribution in [0.3, 0.4) is 0 Å². The van der Waals surface area contributed by atoms with E-state index in [9.17, 15) is 13.0 Å². The van der Waals surface area contributed by atoms with E-state index in [2.05, 4.69) is 4.72 Å². The summed E-state index contributed by atoms with van der Waals surface area (Å²) in [6, 6.07) is 3.49. The Kier molecular flexibility index (Phi) is 8.56. The predicted octanol–water partition coefficient (Wildman–Crippen LogP) is 1.64. The van der Waals surface area contributed by atoms with Crippen LogP contribution in [-0.2, 0) is 14.6 Å². The lowest BCUT2D eigenvalue weighted by Gasteiger charge is -2.13. The molecule has 0 amide bonds. The van der Waals surface area contributed by atoms with Crippen LogP contribution in [0.5, 0.6) is 11.5 Å². The van der Waals surface area contributed by atoms with Gasteiger partial charge in [-0.3, -0.25) is 0 Å². The smallest absolute Gasteiger partial charge is 0.490 e. The molecule has 0 aliphatic carbocycles. The van der Waals surface area contributed by atoms with Crippen molar-refractivity contribution < 1.29 is 27.3 Å². The zero-order valence-corrected chi connectivity index (χ0v) is 18.0. The zero-order chi connectivity index (χ0) is 20.7. The van der Waals surface area contributed by atoms with E-state index in [1.807, 2.05) is 0 Å². The molecular formula is C16H25N3O6PS2+. The van der Waals surface area contributed by atoms with Crippen molar-refractivity contribution in [3.05, 3.63) is 17.7 Å². The third-order valence-corrected chi connectivity index (χ3v) is 7.72. The first kappa shape index (κ1) is 23.0. The van der Waals surface area contributed by atoms with Crippen LogP contribution >= 0.6 is 19.4 Å². The van der Waals surface area contributed by atoms with E-state index < -0.39 is 24.3 Å². The maximum atomic E-state index is 12.5. The number of rotatable bonds is 12. The van der Waals surface area contributed by atoms with Crippen LogP contribution in [0.15, 0.2) is 16.3 Å². The summed E-state index contributed by atoms with van der Waals surface area (Å²) in [6.07, 6.45) is 0.810. The molecule has 0 aliphatic heterocycles. The van der Waals surface area contributed by atoms with E-state index >= 15 is 0 Å². The normalized spacial score (nSPS) is 12.4. The SMILES string of the molecule is Cc1c(S(=O)(=O)NC[P+](=O)O)sc2cc(OCCCN)c(OCCCN)cc12. The predicted molar refractivity (Wildman–Crippen MR) is 110 cm³/mol. The van der Waals surface area contributed by atoms with Crippen LogP contribution in [0.1, 0.15) is 18.4 Å². The third-order valence-electron chi connectivity index (χ3n) is 3.80. The average Bonchev–Trinajstić information content (AvgIpc) is 2.97. The lowest BCUT2D eigenvalue weighted by molar-refractivity contribution is 0.266. The quantitative estimate of drug-likeness (QED) is 0.281. The molecule has 1 aromatic heterocycles. The lowest BCUT2D eigenvalue weighted by Crippen LogP contribution is -2.22. The maximum Gasteiger partial charge on any atom is 0.522 e. The third kappa shape index (κ3) is 5.84. The second-order valence-electron chi connectivity index (χ2n) is 5.95. The van der Waals surface area contributed by atoms with E-state index in [0.29, 0.717) is 66.3 Å². The van der Waals surface area contributed by atoms with Gasteiger partial charge in [-0.2, -0.15) is 9.62 Å². The van der Waals surface area contributed by atoms with Crippen LogP contribution in [0.2, 0.25) is 0 Å². The number of nitrogens with two attached hydrogens (primary N) is 2.